The lowest BCUT2D eigenvalue weighted by molar-refractivity contribution is -0.0889. The SMILES string of the molecule is CN1CCC2(C1)OCCNC2c1ccc(F)cc1. The van der Waals surface area contributed by atoms with Crippen LogP contribution < -0.4 is 5.32 Å². The molecule has 2 atom stereocenters. The molecule has 3 rings (SSSR count). The summed E-state index contributed by atoms with van der Waals surface area (Å²) in [6.45, 7) is 3.60. The third kappa shape index (κ3) is 2.05. The highest BCUT2D eigenvalue weighted by Gasteiger charge is 2.46. The lowest BCUT2D eigenvalue weighted by Crippen LogP contribution is -2.53. The number of rotatable bonds is 1. The van der Waals surface area contributed by atoms with Crippen LogP contribution in [0.2, 0.25) is 0 Å². The lowest BCUT2D eigenvalue weighted by atomic mass is 9.86. The predicted octanol–water partition coefficient (Wildman–Crippen LogP) is 1.56. The van der Waals surface area contributed by atoms with Gasteiger partial charge in [-0.25, -0.2) is 4.39 Å². The number of likely N-dealkylation sites (N-methyl/N-ethyl adjacent to an activating group) is 1. The van der Waals surface area contributed by atoms with Gasteiger partial charge in [0.2, 0.25) is 0 Å². The Labute approximate surface area is 107 Å². The van der Waals surface area contributed by atoms with Gasteiger partial charge in [-0.3, -0.25) is 0 Å². The highest BCUT2D eigenvalue weighted by Crippen LogP contribution is 2.38. The number of benzene rings is 1. The second-order valence-electron chi connectivity index (χ2n) is 5.34. The summed E-state index contributed by atoms with van der Waals surface area (Å²) in [4.78, 5) is 2.30. The molecular weight excluding hydrogens is 231 g/mol. The van der Waals surface area contributed by atoms with E-state index in [0.717, 1.165) is 38.2 Å². The first-order valence-electron chi connectivity index (χ1n) is 6.51. The minimum Gasteiger partial charge on any atom is -0.370 e. The molecule has 4 heteroatoms. The molecular formula is C14H19FN2O. The van der Waals surface area contributed by atoms with Crippen LogP contribution in [0.3, 0.4) is 0 Å². The second-order valence-corrected chi connectivity index (χ2v) is 5.34. The highest BCUT2D eigenvalue weighted by molar-refractivity contribution is 5.25. The number of halogens is 1. The Kier molecular flexibility index (Phi) is 3.09. The van der Waals surface area contributed by atoms with E-state index in [-0.39, 0.29) is 17.5 Å². The van der Waals surface area contributed by atoms with E-state index in [2.05, 4.69) is 17.3 Å². The van der Waals surface area contributed by atoms with Crippen LogP contribution in [0.25, 0.3) is 0 Å². The molecule has 3 nitrogen and oxygen atoms in total. The summed E-state index contributed by atoms with van der Waals surface area (Å²) in [7, 11) is 2.12. The molecule has 1 N–H and O–H groups in total. The van der Waals surface area contributed by atoms with Crippen LogP contribution in [0.1, 0.15) is 18.0 Å². The van der Waals surface area contributed by atoms with Crippen molar-refractivity contribution in [3.63, 3.8) is 0 Å². The third-order valence-electron chi connectivity index (χ3n) is 4.02. The van der Waals surface area contributed by atoms with Crippen LogP contribution in [0, 0.1) is 5.82 Å². The van der Waals surface area contributed by atoms with Gasteiger partial charge >= 0.3 is 0 Å². The fourth-order valence-electron chi connectivity index (χ4n) is 3.15. The van der Waals surface area contributed by atoms with E-state index in [1.165, 1.54) is 12.1 Å². The number of nitrogens with zero attached hydrogens (tertiary/aromatic N) is 1. The maximum atomic E-state index is 13.0. The van der Waals surface area contributed by atoms with Gasteiger partial charge in [-0.2, -0.15) is 0 Å². The zero-order valence-electron chi connectivity index (χ0n) is 10.7. The molecule has 0 amide bonds. The molecule has 18 heavy (non-hydrogen) atoms. The van der Waals surface area contributed by atoms with Gasteiger partial charge in [-0.1, -0.05) is 12.1 Å². The van der Waals surface area contributed by atoms with Crippen LogP contribution >= 0.6 is 0 Å². The quantitative estimate of drug-likeness (QED) is 0.818. The first-order chi connectivity index (χ1) is 8.70. The molecule has 0 aromatic heterocycles. The molecule has 1 aromatic rings. The molecule has 2 aliphatic heterocycles. The first-order valence-corrected chi connectivity index (χ1v) is 6.51. The predicted molar refractivity (Wildman–Crippen MR) is 67.9 cm³/mol. The van der Waals surface area contributed by atoms with Crippen molar-refractivity contribution in [2.45, 2.75) is 18.1 Å². The maximum absolute atomic E-state index is 13.0. The van der Waals surface area contributed by atoms with Gasteiger partial charge in [0.25, 0.3) is 0 Å². The minimum absolute atomic E-state index is 0.148. The van der Waals surface area contributed by atoms with E-state index >= 15 is 0 Å². The highest BCUT2D eigenvalue weighted by atomic mass is 19.1. The number of nitrogens with one attached hydrogen (secondary N) is 1. The van der Waals surface area contributed by atoms with Gasteiger partial charge in [0.05, 0.1) is 12.6 Å². The second kappa shape index (κ2) is 4.61. The van der Waals surface area contributed by atoms with E-state index in [1.54, 1.807) is 0 Å². The summed E-state index contributed by atoms with van der Waals surface area (Å²) in [5.74, 6) is -0.187. The fourth-order valence-corrected chi connectivity index (χ4v) is 3.15. The van der Waals surface area contributed by atoms with Crippen LogP contribution in [-0.2, 0) is 4.74 Å². The average Bonchev–Trinajstić information content (AvgIpc) is 2.73. The van der Waals surface area contributed by atoms with Crippen LogP contribution in [-0.4, -0.2) is 43.8 Å². The Morgan fingerprint density at radius 1 is 1.39 bits per heavy atom. The topological polar surface area (TPSA) is 24.5 Å². The summed E-state index contributed by atoms with van der Waals surface area (Å²) < 4.78 is 19.1. The Morgan fingerprint density at radius 2 is 2.17 bits per heavy atom. The van der Waals surface area contributed by atoms with Gasteiger partial charge < -0.3 is 15.0 Å². The normalized spacial score (nSPS) is 33.1. The van der Waals surface area contributed by atoms with Crippen molar-refractivity contribution in [1.82, 2.24) is 10.2 Å². The largest absolute Gasteiger partial charge is 0.370 e. The molecule has 0 radical (unpaired) electrons. The van der Waals surface area contributed by atoms with E-state index in [4.69, 9.17) is 4.74 Å². The molecule has 2 unspecified atom stereocenters. The van der Waals surface area contributed by atoms with E-state index in [9.17, 15) is 4.39 Å². The van der Waals surface area contributed by atoms with Gasteiger partial charge in [-0.15, -0.1) is 0 Å². The van der Waals surface area contributed by atoms with Crippen molar-refractivity contribution < 1.29 is 9.13 Å². The first kappa shape index (κ1) is 12.1. The molecule has 1 aromatic carbocycles. The number of hydrogen-bond donors (Lipinski definition) is 1. The minimum atomic E-state index is -0.187. The molecule has 0 saturated carbocycles. The summed E-state index contributed by atoms with van der Waals surface area (Å²) >= 11 is 0. The van der Waals surface area contributed by atoms with E-state index in [0.29, 0.717) is 0 Å². The Morgan fingerprint density at radius 3 is 2.83 bits per heavy atom. The Balaban J connectivity index is 1.90. The smallest absolute Gasteiger partial charge is 0.123 e. The molecule has 2 saturated heterocycles. The van der Waals surface area contributed by atoms with E-state index in [1.807, 2.05) is 12.1 Å². The number of ether oxygens (including phenoxy) is 1. The average molecular weight is 250 g/mol. The molecule has 2 fully saturated rings. The number of morpholine rings is 1. The Hall–Kier alpha value is -0.970. The van der Waals surface area contributed by atoms with Crippen molar-refractivity contribution in [3.05, 3.63) is 35.6 Å². The number of hydrogen-bond acceptors (Lipinski definition) is 3. The standard InChI is InChI=1S/C14H19FN2O/c1-17-8-6-14(10-17)13(16-7-9-18-14)11-2-4-12(15)5-3-11/h2-5,13,16H,6-10H2,1H3. The zero-order valence-corrected chi connectivity index (χ0v) is 10.7. The monoisotopic (exact) mass is 250 g/mol. The van der Waals surface area contributed by atoms with E-state index < -0.39 is 0 Å². The Bertz CT molecular complexity index is 418. The van der Waals surface area contributed by atoms with Crippen LogP contribution in [0.5, 0.6) is 0 Å². The van der Waals surface area contributed by atoms with Crippen molar-refractivity contribution >= 4 is 0 Å². The molecule has 2 heterocycles. The van der Waals surface area contributed by atoms with Crippen molar-refractivity contribution in [3.8, 4) is 0 Å². The number of likely N-dealkylation sites (tertiary alicyclic amines) is 1. The van der Waals surface area contributed by atoms with Gasteiger partial charge in [0, 0.05) is 19.6 Å². The fraction of sp³-hybridized carbons (Fsp3) is 0.571. The lowest BCUT2D eigenvalue weighted by Gasteiger charge is -2.42. The molecule has 0 aliphatic carbocycles. The zero-order chi connectivity index (χ0) is 12.6. The molecule has 1 spiro atoms. The van der Waals surface area contributed by atoms with Crippen molar-refractivity contribution in [2.75, 3.05) is 33.3 Å². The molecule has 98 valence electrons. The third-order valence-corrected chi connectivity index (χ3v) is 4.02. The van der Waals surface area contributed by atoms with Crippen LogP contribution in [0.4, 0.5) is 4.39 Å². The van der Waals surface area contributed by atoms with Crippen LogP contribution in [0.15, 0.2) is 24.3 Å². The van der Waals surface area contributed by atoms with Gasteiger partial charge in [0.15, 0.2) is 0 Å². The summed E-state index contributed by atoms with van der Waals surface area (Å²) in [5, 5.41) is 3.53. The summed E-state index contributed by atoms with van der Waals surface area (Å²) in [6, 6.07) is 6.94. The van der Waals surface area contributed by atoms with Gasteiger partial charge in [-0.05, 0) is 31.2 Å². The molecule has 0 bridgehead atoms. The summed E-state index contributed by atoms with van der Waals surface area (Å²) in [6.07, 6.45) is 1.03. The van der Waals surface area contributed by atoms with Crippen molar-refractivity contribution in [1.29, 1.82) is 0 Å². The van der Waals surface area contributed by atoms with Crippen molar-refractivity contribution in [2.24, 2.45) is 0 Å². The summed E-state index contributed by atoms with van der Waals surface area (Å²) in [5.41, 5.74) is 0.969. The molecule has 2 aliphatic rings. The maximum Gasteiger partial charge on any atom is 0.123 e. The van der Waals surface area contributed by atoms with Gasteiger partial charge in [0.1, 0.15) is 11.4 Å².